The second kappa shape index (κ2) is 19.8. The van der Waals surface area contributed by atoms with E-state index in [1.807, 2.05) is 0 Å². The quantitative estimate of drug-likeness (QED) is 0.0461. The number of phosphoric ester groups is 3. The first-order valence-corrected chi connectivity index (χ1v) is 22.1. The van der Waals surface area contributed by atoms with Gasteiger partial charge in [0.05, 0.1) is 27.4 Å². The predicted octanol–water partition coefficient (Wildman–Crippen LogP) is -2.91. The number of carbonyl (C=O) groups excluding carboxylic acids is 3. The van der Waals surface area contributed by atoms with Crippen LogP contribution in [0.4, 0.5) is 5.82 Å². The first-order chi connectivity index (χ1) is 27.0. The SMILES string of the molecule is CC(C)(COP(=O)([O-])OP(=O)([O-])OC[C@H]1O[C@@H](n2cnc3c(N)ncnc32)[C@H](O)[C@@H]1OP(=O)([O-])[O-])[C@@H](O)C(=O)NCCC(=O)NCCSC(=O)Cc1ccc(O)cc1. The lowest BCUT2D eigenvalue weighted by molar-refractivity contribution is -0.347. The van der Waals surface area contributed by atoms with E-state index in [-0.39, 0.29) is 59.5 Å². The predicted molar refractivity (Wildman–Crippen MR) is 190 cm³/mol. The van der Waals surface area contributed by atoms with Gasteiger partial charge in [-0.2, -0.15) is 0 Å². The molecular formula is C29H38N7O18P3S-4. The van der Waals surface area contributed by atoms with E-state index >= 15 is 0 Å². The number of anilines is 1. The Balaban J connectivity index is 1.21. The van der Waals surface area contributed by atoms with Crippen molar-refractivity contribution in [3.63, 3.8) is 0 Å². The van der Waals surface area contributed by atoms with Crippen LogP contribution in [0.1, 0.15) is 32.1 Å². The molecule has 322 valence electrons. The Bertz CT molecular complexity index is 2070. The third-order valence-corrected chi connectivity index (χ3v) is 11.9. The van der Waals surface area contributed by atoms with Crippen molar-refractivity contribution >= 4 is 69.1 Å². The molecule has 1 aliphatic rings. The van der Waals surface area contributed by atoms with E-state index in [9.17, 15) is 63.0 Å². The van der Waals surface area contributed by atoms with E-state index in [2.05, 4.69) is 43.5 Å². The molecule has 3 aromatic rings. The number of fused-ring (bicyclic) bond motifs is 1. The number of phosphoric acid groups is 3. The van der Waals surface area contributed by atoms with Gasteiger partial charge in [0.1, 0.15) is 42.0 Å². The number of ether oxygens (including phenoxy) is 1. The molecule has 4 rings (SSSR count). The molecule has 2 amide bonds. The molecule has 1 saturated heterocycles. The van der Waals surface area contributed by atoms with E-state index in [0.29, 0.717) is 5.56 Å². The Labute approximate surface area is 333 Å². The lowest BCUT2D eigenvalue weighted by Gasteiger charge is -2.36. The van der Waals surface area contributed by atoms with Crippen LogP contribution in [0.25, 0.3) is 11.2 Å². The number of phenolic OH excluding ortho intramolecular Hbond substituents is 1. The van der Waals surface area contributed by atoms with Crippen LogP contribution in [0, 0.1) is 5.41 Å². The van der Waals surface area contributed by atoms with Crippen molar-refractivity contribution in [3.8, 4) is 5.75 Å². The van der Waals surface area contributed by atoms with Crippen molar-refractivity contribution in [1.82, 2.24) is 30.2 Å². The second-order valence-corrected chi connectivity index (χ2v) is 18.3. The van der Waals surface area contributed by atoms with Crippen molar-refractivity contribution in [2.75, 3.05) is 37.8 Å². The van der Waals surface area contributed by atoms with Crippen LogP contribution in [0.2, 0.25) is 0 Å². The third-order valence-electron chi connectivity index (χ3n) is 8.02. The number of benzene rings is 1. The summed E-state index contributed by atoms with van der Waals surface area (Å²) in [7, 11) is -17.6. The van der Waals surface area contributed by atoms with Crippen molar-refractivity contribution in [2.45, 2.75) is 57.3 Å². The first kappa shape index (κ1) is 47.3. The number of nitrogens with one attached hydrogen (secondary N) is 2. The van der Waals surface area contributed by atoms with Crippen molar-refractivity contribution in [3.05, 3.63) is 42.5 Å². The van der Waals surface area contributed by atoms with E-state index in [0.717, 1.165) is 29.0 Å². The highest BCUT2D eigenvalue weighted by Gasteiger charge is 2.47. The Morgan fingerprint density at radius 2 is 1.71 bits per heavy atom. The van der Waals surface area contributed by atoms with Gasteiger partial charge >= 0.3 is 0 Å². The standard InChI is InChI=1S/C29H42N7O18P3S/c1-29(2,24(41)27(42)32-8-7-19(38)31-9-10-58-20(39)11-16-3-5-17(37)6-4-16)13-51-57(48,49)54-56(46,47)50-12-18-23(53-55(43,44)45)22(40)28(52-18)36-15-35-21-25(30)33-14-34-26(21)36/h3-6,14-15,18,22-24,28,37,40-41H,7-13H2,1-2H3,(H,31,38)(H,32,42)(H,46,47)(H,48,49)(H2,30,33,34)(H2,43,44,45)/p-4/t18-,22-,23-,24+,28-/m1/s1. The molecule has 7 N–H and O–H groups in total. The molecule has 1 fully saturated rings. The molecule has 0 saturated carbocycles. The highest BCUT2D eigenvalue weighted by atomic mass is 32.2. The number of imidazole rings is 1. The summed E-state index contributed by atoms with van der Waals surface area (Å²) in [5.41, 5.74) is 4.75. The number of hydrogen-bond donors (Lipinski definition) is 6. The van der Waals surface area contributed by atoms with Crippen LogP contribution in [0.3, 0.4) is 0 Å². The molecule has 25 nitrogen and oxygen atoms in total. The summed E-state index contributed by atoms with van der Waals surface area (Å²) in [6, 6.07) is 6.14. The zero-order valence-corrected chi connectivity index (χ0v) is 33.9. The number of aliphatic hydroxyl groups is 2. The highest BCUT2D eigenvalue weighted by molar-refractivity contribution is 8.13. The fraction of sp³-hybridized carbons (Fsp3) is 0.517. The Kier molecular flexibility index (Phi) is 16.1. The van der Waals surface area contributed by atoms with Gasteiger partial charge in [0.25, 0.3) is 15.6 Å². The number of hydrogen-bond acceptors (Lipinski definition) is 23. The van der Waals surface area contributed by atoms with Gasteiger partial charge < -0.3 is 74.1 Å². The van der Waals surface area contributed by atoms with Crippen LogP contribution < -0.4 is 35.9 Å². The molecular weight excluding hydrogens is 859 g/mol. The minimum Gasteiger partial charge on any atom is -0.790 e. The van der Waals surface area contributed by atoms with Crippen LogP contribution in [-0.4, -0.2) is 108 Å². The average Bonchev–Trinajstić information content (AvgIpc) is 3.69. The maximum atomic E-state index is 12.5. The molecule has 7 atom stereocenters. The maximum Gasteiger partial charge on any atom is 0.274 e. The number of thioether (sulfide) groups is 1. The van der Waals surface area contributed by atoms with Crippen LogP contribution in [-0.2, 0) is 57.1 Å². The van der Waals surface area contributed by atoms with Crippen molar-refractivity contribution < 1.29 is 85.6 Å². The minimum atomic E-state index is -5.92. The summed E-state index contributed by atoms with van der Waals surface area (Å²) < 4.78 is 60.5. The smallest absolute Gasteiger partial charge is 0.274 e. The van der Waals surface area contributed by atoms with E-state index < -0.39 is 84.6 Å². The van der Waals surface area contributed by atoms with Gasteiger partial charge in [0, 0.05) is 37.1 Å². The van der Waals surface area contributed by atoms with E-state index in [1.165, 1.54) is 26.0 Å². The number of aromatic nitrogens is 4. The van der Waals surface area contributed by atoms with Gasteiger partial charge in [-0.1, -0.05) is 37.7 Å². The Morgan fingerprint density at radius 1 is 1.03 bits per heavy atom. The fourth-order valence-corrected chi connectivity index (χ4v) is 8.54. The number of aliphatic hydroxyl groups excluding tert-OH is 2. The molecule has 1 aliphatic heterocycles. The molecule has 0 radical (unpaired) electrons. The zero-order valence-electron chi connectivity index (χ0n) is 30.4. The summed E-state index contributed by atoms with van der Waals surface area (Å²) in [5.74, 6) is -1.26. The topological polar surface area (TPSA) is 395 Å². The number of aromatic hydroxyl groups is 1. The summed E-state index contributed by atoms with van der Waals surface area (Å²) in [6.07, 6.45) is -7.54. The lowest BCUT2D eigenvalue weighted by atomic mass is 9.87. The average molecular weight is 898 g/mol. The number of rotatable bonds is 21. The molecule has 2 unspecified atom stereocenters. The first-order valence-electron chi connectivity index (χ1n) is 16.7. The zero-order chi connectivity index (χ0) is 43.1. The molecule has 0 spiro atoms. The summed E-state index contributed by atoms with van der Waals surface area (Å²) in [6.45, 7) is -0.0251. The molecule has 3 heterocycles. The largest absolute Gasteiger partial charge is 0.790 e. The van der Waals surface area contributed by atoms with Gasteiger partial charge in [0.2, 0.25) is 11.8 Å². The summed E-state index contributed by atoms with van der Waals surface area (Å²) >= 11 is 0.995. The Morgan fingerprint density at radius 3 is 2.38 bits per heavy atom. The molecule has 0 bridgehead atoms. The van der Waals surface area contributed by atoms with Gasteiger partial charge in [-0.15, -0.1) is 0 Å². The number of nitrogens with zero attached hydrogens (tertiary/aromatic N) is 4. The van der Waals surface area contributed by atoms with Gasteiger partial charge in [0.15, 0.2) is 22.8 Å². The van der Waals surface area contributed by atoms with Crippen LogP contribution in [0.5, 0.6) is 5.75 Å². The monoisotopic (exact) mass is 897 g/mol. The highest BCUT2D eigenvalue weighted by Crippen LogP contribution is 2.56. The number of carbonyl (C=O) groups is 3. The molecule has 0 aliphatic carbocycles. The maximum absolute atomic E-state index is 12.5. The fourth-order valence-electron chi connectivity index (χ4n) is 5.10. The number of amides is 2. The van der Waals surface area contributed by atoms with Crippen LogP contribution >= 0.6 is 35.2 Å². The summed E-state index contributed by atoms with van der Waals surface area (Å²) in [4.78, 5) is 96.2. The number of nitrogen functional groups attached to an aromatic ring is 1. The lowest BCUT2D eigenvalue weighted by Crippen LogP contribution is -2.46. The summed E-state index contributed by atoms with van der Waals surface area (Å²) in [5, 5.41) is 35.3. The third kappa shape index (κ3) is 13.8. The van der Waals surface area contributed by atoms with E-state index in [4.69, 9.17) is 10.5 Å². The van der Waals surface area contributed by atoms with Crippen LogP contribution in [0.15, 0.2) is 36.9 Å². The minimum absolute atomic E-state index is 0.0267. The molecule has 29 heteroatoms. The molecule has 58 heavy (non-hydrogen) atoms. The van der Waals surface area contributed by atoms with Gasteiger partial charge in [-0.25, -0.2) is 19.3 Å². The van der Waals surface area contributed by atoms with E-state index in [1.54, 1.807) is 12.1 Å². The van der Waals surface area contributed by atoms with Gasteiger partial charge in [-0.05, 0) is 17.7 Å². The molecule has 2 aromatic heterocycles. The number of nitrogens with two attached hydrogens (primary N) is 1. The molecule has 1 aromatic carbocycles. The second-order valence-electron chi connectivity index (χ2n) is 13.0. The Hall–Kier alpha value is -3.42. The normalized spacial score (nSPS) is 21.2. The van der Waals surface area contributed by atoms with Gasteiger partial charge in [-0.3, -0.25) is 28.1 Å². The van der Waals surface area contributed by atoms with Crippen molar-refractivity contribution in [1.29, 1.82) is 0 Å². The number of phenols is 1. The van der Waals surface area contributed by atoms with Crippen molar-refractivity contribution in [2.24, 2.45) is 5.41 Å².